The summed E-state index contributed by atoms with van der Waals surface area (Å²) in [4.78, 5) is 0. The number of nitrogens with one attached hydrogen (secondary N) is 1. The molecule has 0 aromatic heterocycles. The SMILES string of the molecule is CSCC[C@H](CO)N[C@@H](C)c1cccc(O)c1. The quantitative estimate of drug-likeness (QED) is 0.699. The van der Waals surface area contributed by atoms with E-state index in [4.69, 9.17) is 0 Å². The highest BCUT2D eigenvalue weighted by Crippen LogP contribution is 2.18. The minimum absolute atomic E-state index is 0.111. The molecule has 0 saturated carbocycles. The van der Waals surface area contributed by atoms with Crippen LogP contribution < -0.4 is 5.32 Å². The molecule has 0 heterocycles. The zero-order valence-corrected chi connectivity index (χ0v) is 11.2. The first-order chi connectivity index (χ1) is 8.17. The standard InChI is InChI=1S/C13H21NO2S/c1-10(11-4-3-5-13(16)8-11)14-12(9-15)6-7-17-2/h3-5,8,10,12,14-16H,6-7,9H2,1-2H3/t10-,12+/m0/s1. The van der Waals surface area contributed by atoms with Crippen LogP contribution >= 0.6 is 11.8 Å². The Morgan fingerprint density at radius 2 is 2.18 bits per heavy atom. The second-order valence-corrected chi connectivity index (χ2v) is 5.13. The molecule has 0 spiro atoms. The highest BCUT2D eigenvalue weighted by Gasteiger charge is 2.12. The van der Waals surface area contributed by atoms with Crippen molar-refractivity contribution in [2.24, 2.45) is 0 Å². The van der Waals surface area contributed by atoms with E-state index in [-0.39, 0.29) is 24.4 Å². The highest BCUT2D eigenvalue weighted by atomic mass is 32.2. The molecule has 1 aromatic carbocycles. The molecule has 2 atom stereocenters. The van der Waals surface area contributed by atoms with Crippen LogP contribution in [0.1, 0.15) is 24.9 Å². The Bertz CT molecular complexity index is 333. The van der Waals surface area contributed by atoms with Crippen molar-refractivity contribution in [1.82, 2.24) is 5.32 Å². The minimum atomic E-state index is 0.111. The number of benzene rings is 1. The van der Waals surface area contributed by atoms with Gasteiger partial charge in [0.2, 0.25) is 0 Å². The van der Waals surface area contributed by atoms with E-state index in [9.17, 15) is 10.2 Å². The fourth-order valence-electron chi connectivity index (χ4n) is 1.73. The third kappa shape index (κ3) is 4.98. The van der Waals surface area contributed by atoms with Gasteiger partial charge in [-0.25, -0.2) is 0 Å². The van der Waals surface area contributed by atoms with Gasteiger partial charge in [0.25, 0.3) is 0 Å². The molecule has 0 radical (unpaired) electrons. The van der Waals surface area contributed by atoms with Gasteiger partial charge in [-0.1, -0.05) is 12.1 Å². The van der Waals surface area contributed by atoms with Crippen LogP contribution in [-0.4, -0.2) is 34.9 Å². The predicted molar refractivity (Wildman–Crippen MR) is 73.5 cm³/mol. The largest absolute Gasteiger partial charge is 0.508 e. The maximum Gasteiger partial charge on any atom is 0.115 e. The summed E-state index contributed by atoms with van der Waals surface area (Å²) in [6.07, 6.45) is 3.01. The third-order valence-corrected chi connectivity index (χ3v) is 3.39. The van der Waals surface area contributed by atoms with Gasteiger partial charge in [0.05, 0.1) is 6.61 Å². The number of aliphatic hydroxyl groups excluding tert-OH is 1. The zero-order valence-electron chi connectivity index (χ0n) is 10.4. The molecule has 0 aliphatic carbocycles. The highest BCUT2D eigenvalue weighted by molar-refractivity contribution is 7.98. The van der Waals surface area contributed by atoms with Crippen molar-refractivity contribution in [2.75, 3.05) is 18.6 Å². The lowest BCUT2D eigenvalue weighted by Gasteiger charge is -2.22. The van der Waals surface area contributed by atoms with Crippen LogP contribution in [0.25, 0.3) is 0 Å². The molecule has 4 heteroatoms. The molecule has 96 valence electrons. The van der Waals surface area contributed by atoms with Crippen LogP contribution in [-0.2, 0) is 0 Å². The van der Waals surface area contributed by atoms with Gasteiger partial charge in [0, 0.05) is 12.1 Å². The molecular weight excluding hydrogens is 234 g/mol. The summed E-state index contributed by atoms with van der Waals surface area (Å²) in [5, 5.41) is 22.1. The van der Waals surface area contributed by atoms with E-state index >= 15 is 0 Å². The van der Waals surface area contributed by atoms with Gasteiger partial charge in [0.15, 0.2) is 0 Å². The summed E-state index contributed by atoms with van der Waals surface area (Å²) in [6.45, 7) is 2.18. The van der Waals surface area contributed by atoms with Gasteiger partial charge in [-0.3, -0.25) is 0 Å². The second-order valence-electron chi connectivity index (χ2n) is 4.14. The molecule has 1 aromatic rings. The first kappa shape index (κ1) is 14.4. The van der Waals surface area contributed by atoms with E-state index in [2.05, 4.69) is 11.6 Å². The zero-order chi connectivity index (χ0) is 12.7. The van der Waals surface area contributed by atoms with Crippen molar-refractivity contribution < 1.29 is 10.2 Å². The van der Waals surface area contributed by atoms with E-state index < -0.39 is 0 Å². The van der Waals surface area contributed by atoms with Crippen LogP contribution in [0.2, 0.25) is 0 Å². The summed E-state index contributed by atoms with van der Waals surface area (Å²) in [7, 11) is 0. The van der Waals surface area contributed by atoms with E-state index in [0.29, 0.717) is 0 Å². The van der Waals surface area contributed by atoms with E-state index in [1.54, 1.807) is 23.9 Å². The molecule has 3 nitrogen and oxygen atoms in total. The average molecular weight is 255 g/mol. The Morgan fingerprint density at radius 1 is 1.41 bits per heavy atom. The second kappa shape index (κ2) is 7.58. The van der Waals surface area contributed by atoms with Crippen molar-refractivity contribution in [2.45, 2.75) is 25.4 Å². The number of phenolic OH excluding ortho intramolecular Hbond substituents is 1. The first-order valence-electron chi connectivity index (χ1n) is 5.82. The normalized spacial score (nSPS) is 14.5. The van der Waals surface area contributed by atoms with Crippen molar-refractivity contribution >= 4 is 11.8 Å². The predicted octanol–water partition coefficient (Wildman–Crippen LogP) is 2.16. The molecule has 0 aliphatic heterocycles. The molecule has 0 aliphatic rings. The first-order valence-corrected chi connectivity index (χ1v) is 7.21. The molecule has 0 fully saturated rings. The number of thioether (sulfide) groups is 1. The smallest absolute Gasteiger partial charge is 0.115 e. The Balaban J connectivity index is 2.54. The molecule has 3 N–H and O–H groups in total. The Morgan fingerprint density at radius 3 is 2.76 bits per heavy atom. The Labute approximate surface area is 107 Å². The van der Waals surface area contributed by atoms with Gasteiger partial charge in [-0.15, -0.1) is 0 Å². The van der Waals surface area contributed by atoms with Crippen LogP contribution in [0.15, 0.2) is 24.3 Å². The van der Waals surface area contributed by atoms with Gasteiger partial charge in [-0.2, -0.15) is 11.8 Å². The minimum Gasteiger partial charge on any atom is -0.508 e. The lowest BCUT2D eigenvalue weighted by atomic mass is 10.1. The van der Waals surface area contributed by atoms with Gasteiger partial charge < -0.3 is 15.5 Å². The summed E-state index contributed by atoms with van der Waals surface area (Å²) in [5.41, 5.74) is 1.03. The molecule has 17 heavy (non-hydrogen) atoms. The number of aromatic hydroxyl groups is 1. The lowest BCUT2D eigenvalue weighted by molar-refractivity contribution is 0.231. The molecule has 0 saturated heterocycles. The van der Waals surface area contributed by atoms with Crippen LogP contribution in [0.5, 0.6) is 5.75 Å². The fourth-order valence-corrected chi connectivity index (χ4v) is 2.25. The summed E-state index contributed by atoms with van der Waals surface area (Å²) in [5.74, 6) is 1.31. The molecule has 0 amide bonds. The van der Waals surface area contributed by atoms with Crippen LogP contribution in [0.4, 0.5) is 0 Å². The summed E-state index contributed by atoms with van der Waals surface area (Å²) >= 11 is 1.78. The number of hydrogen-bond donors (Lipinski definition) is 3. The van der Waals surface area contributed by atoms with Crippen LogP contribution in [0.3, 0.4) is 0 Å². The molecule has 1 rings (SSSR count). The van der Waals surface area contributed by atoms with Crippen molar-refractivity contribution in [3.05, 3.63) is 29.8 Å². The van der Waals surface area contributed by atoms with Crippen LogP contribution in [0, 0.1) is 0 Å². The number of phenols is 1. The Hall–Kier alpha value is -0.710. The molecule has 0 bridgehead atoms. The molecule has 0 unspecified atom stereocenters. The van der Waals surface area contributed by atoms with Gasteiger partial charge in [-0.05, 0) is 43.0 Å². The fraction of sp³-hybridized carbons (Fsp3) is 0.538. The Kier molecular flexibility index (Phi) is 6.40. The number of aliphatic hydroxyl groups is 1. The lowest BCUT2D eigenvalue weighted by Crippen LogP contribution is -2.35. The topological polar surface area (TPSA) is 52.5 Å². The van der Waals surface area contributed by atoms with Crippen molar-refractivity contribution in [1.29, 1.82) is 0 Å². The van der Waals surface area contributed by atoms with E-state index in [1.165, 1.54) is 0 Å². The monoisotopic (exact) mass is 255 g/mol. The third-order valence-electron chi connectivity index (χ3n) is 2.75. The van der Waals surface area contributed by atoms with Crippen molar-refractivity contribution in [3.63, 3.8) is 0 Å². The summed E-state index contributed by atoms with van der Waals surface area (Å²) < 4.78 is 0. The maximum absolute atomic E-state index is 9.41. The number of rotatable bonds is 7. The van der Waals surface area contributed by atoms with E-state index in [0.717, 1.165) is 17.7 Å². The van der Waals surface area contributed by atoms with Gasteiger partial charge >= 0.3 is 0 Å². The maximum atomic E-state index is 9.41. The number of hydrogen-bond acceptors (Lipinski definition) is 4. The molecular formula is C13H21NO2S. The van der Waals surface area contributed by atoms with Gasteiger partial charge in [0.1, 0.15) is 5.75 Å². The van der Waals surface area contributed by atoms with Crippen molar-refractivity contribution in [3.8, 4) is 5.75 Å². The summed E-state index contributed by atoms with van der Waals surface area (Å²) in [6, 6.07) is 7.45. The van der Waals surface area contributed by atoms with E-state index in [1.807, 2.05) is 19.1 Å². The average Bonchev–Trinajstić information content (AvgIpc) is 2.34.